The molecule has 0 fully saturated rings. The zero-order valence-electron chi connectivity index (χ0n) is 10.6. The van der Waals surface area contributed by atoms with Gasteiger partial charge in [0.15, 0.2) is 0 Å². The Balaban J connectivity index is 2.32. The van der Waals surface area contributed by atoms with Crippen molar-refractivity contribution in [2.24, 2.45) is 0 Å². The first kappa shape index (κ1) is 14.1. The van der Waals surface area contributed by atoms with E-state index in [1.807, 2.05) is 51.4 Å². The van der Waals surface area contributed by atoms with Crippen LogP contribution < -0.4 is 5.32 Å². The van der Waals surface area contributed by atoms with Crippen LogP contribution >= 0.6 is 11.8 Å². The monoisotopic (exact) mass is 252 g/mol. The predicted molar refractivity (Wildman–Crippen MR) is 73.3 cm³/mol. The molecule has 0 spiro atoms. The summed E-state index contributed by atoms with van der Waals surface area (Å²) in [5, 5.41) is 2.88. The second kappa shape index (κ2) is 7.35. The minimum Gasteiger partial charge on any atom is -0.354 e. The van der Waals surface area contributed by atoms with Crippen molar-refractivity contribution in [1.82, 2.24) is 10.2 Å². The van der Waals surface area contributed by atoms with Gasteiger partial charge in [0.05, 0.1) is 5.25 Å². The fourth-order valence-corrected chi connectivity index (χ4v) is 2.22. The van der Waals surface area contributed by atoms with Crippen LogP contribution in [0.2, 0.25) is 0 Å². The Morgan fingerprint density at radius 1 is 1.35 bits per heavy atom. The lowest BCUT2D eigenvalue weighted by molar-refractivity contribution is -0.120. The molecule has 94 valence electrons. The normalized spacial score (nSPS) is 12.5. The fourth-order valence-electron chi connectivity index (χ4n) is 1.30. The van der Waals surface area contributed by atoms with Crippen LogP contribution in [0, 0.1) is 0 Å². The zero-order chi connectivity index (χ0) is 12.7. The summed E-state index contributed by atoms with van der Waals surface area (Å²) in [7, 11) is 3.99. The van der Waals surface area contributed by atoms with Crippen molar-refractivity contribution in [3.05, 3.63) is 30.3 Å². The summed E-state index contributed by atoms with van der Waals surface area (Å²) < 4.78 is 0. The van der Waals surface area contributed by atoms with Crippen LogP contribution in [0.4, 0.5) is 0 Å². The maximum absolute atomic E-state index is 11.8. The van der Waals surface area contributed by atoms with E-state index < -0.39 is 0 Å². The van der Waals surface area contributed by atoms with Crippen molar-refractivity contribution in [3.63, 3.8) is 0 Å². The Hall–Kier alpha value is -1.00. The number of amides is 1. The molecular formula is C13H20N2OS. The van der Waals surface area contributed by atoms with Crippen molar-refractivity contribution in [2.45, 2.75) is 17.1 Å². The summed E-state index contributed by atoms with van der Waals surface area (Å²) in [6, 6.07) is 9.99. The first-order valence-electron chi connectivity index (χ1n) is 5.73. The average Bonchev–Trinajstić information content (AvgIpc) is 2.29. The van der Waals surface area contributed by atoms with E-state index in [2.05, 4.69) is 10.2 Å². The number of hydrogen-bond donors (Lipinski definition) is 1. The molecule has 0 saturated heterocycles. The highest BCUT2D eigenvalue weighted by molar-refractivity contribution is 8.00. The first-order valence-corrected chi connectivity index (χ1v) is 6.61. The van der Waals surface area contributed by atoms with Gasteiger partial charge in [-0.05, 0) is 33.2 Å². The Bertz CT molecular complexity index is 341. The molecule has 1 rings (SSSR count). The highest BCUT2D eigenvalue weighted by Gasteiger charge is 2.13. The molecule has 0 aromatic heterocycles. The molecule has 0 aliphatic heterocycles. The average molecular weight is 252 g/mol. The van der Waals surface area contributed by atoms with Gasteiger partial charge in [0, 0.05) is 18.0 Å². The number of carbonyl (C=O) groups excluding carboxylic acids is 1. The van der Waals surface area contributed by atoms with Gasteiger partial charge < -0.3 is 10.2 Å². The van der Waals surface area contributed by atoms with Crippen molar-refractivity contribution in [2.75, 3.05) is 27.2 Å². The van der Waals surface area contributed by atoms with E-state index in [0.717, 1.165) is 11.4 Å². The maximum Gasteiger partial charge on any atom is 0.233 e. The minimum absolute atomic E-state index is 0.0560. The SMILES string of the molecule is C[C@@H](Sc1ccccc1)C(=O)NCCN(C)C. The van der Waals surface area contributed by atoms with Crippen LogP contribution in [-0.4, -0.2) is 43.2 Å². The summed E-state index contributed by atoms with van der Waals surface area (Å²) in [5.41, 5.74) is 0. The van der Waals surface area contributed by atoms with Gasteiger partial charge in [-0.15, -0.1) is 11.8 Å². The van der Waals surface area contributed by atoms with E-state index in [1.165, 1.54) is 0 Å². The van der Waals surface area contributed by atoms with Crippen molar-refractivity contribution < 1.29 is 4.79 Å². The molecule has 0 aliphatic carbocycles. The van der Waals surface area contributed by atoms with Gasteiger partial charge in [0.25, 0.3) is 0 Å². The van der Waals surface area contributed by atoms with Crippen molar-refractivity contribution >= 4 is 17.7 Å². The molecule has 0 saturated carbocycles. The fraction of sp³-hybridized carbons (Fsp3) is 0.462. The lowest BCUT2D eigenvalue weighted by Crippen LogP contribution is -2.35. The molecule has 0 bridgehead atoms. The highest BCUT2D eigenvalue weighted by Crippen LogP contribution is 2.22. The van der Waals surface area contributed by atoms with Crippen LogP contribution in [0.15, 0.2) is 35.2 Å². The van der Waals surface area contributed by atoms with Gasteiger partial charge in [-0.25, -0.2) is 0 Å². The Morgan fingerprint density at radius 2 is 2.00 bits per heavy atom. The molecule has 0 heterocycles. The van der Waals surface area contributed by atoms with E-state index in [-0.39, 0.29) is 11.2 Å². The first-order chi connectivity index (χ1) is 8.09. The molecule has 0 aliphatic rings. The molecule has 0 unspecified atom stereocenters. The highest BCUT2D eigenvalue weighted by atomic mass is 32.2. The minimum atomic E-state index is -0.0560. The molecule has 17 heavy (non-hydrogen) atoms. The number of nitrogens with one attached hydrogen (secondary N) is 1. The zero-order valence-corrected chi connectivity index (χ0v) is 11.5. The number of hydrogen-bond acceptors (Lipinski definition) is 3. The van der Waals surface area contributed by atoms with Gasteiger partial charge in [0.1, 0.15) is 0 Å². The summed E-state index contributed by atoms with van der Waals surface area (Å²) in [6.45, 7) is 3.50. The lowest BCUT2D eigenvalue weighted by atomic mass is 10.4. The largest absolute Gasteiger partial charge is 0.354 e. The Morgan fingerprint density at radius 3 is 2.59 bits per heavy atom. The van der Waals surface area contributed by atoms with E-state index in [0.29, 0.717) is 6.54 Å². The summed E-state index contributed by atoms with van der Waals surface area (Å²) >= 11 is 1.58. The molecular weight excluding hydrogens is 232 g/mol. The van der Waals surface area contributed by atoms with Crippen LogP contribution in [-0.2, 0) is 4.79 Å². The second-order valence-electron chi connectivity index (χ2n) is 4.17. The maximum atomic E-state index is 11.8. The standard InChI is InChI=1S/C13H20N2OS/c1-11(13(16)14-9-10-15(2)3)17-12-7-5-4-6-8-12/h4-8,11H,9-10H2,1-3H3,(H,14,16)/t11-/m1/s1. The number of likely N-dealkylation sites (N-methyl/N-ethyl adjacent to an activating group) is 1. The van der Waals surface area contributed by atoms with E-state index in [9.17, 15) is 4.79 Å². The molecule has 1 N–H and O–H groups in total. The Labute approximate surface area is 108 Å². The number of carbonyl (C=O) groups is 1. The predicted octanol–water partition coefficient (Wildman–Crippen LogP) is 1.84. The number of rotatable bonds is 6. The smallest absolute Gasteiger partial charge is 0.233 e. The van der Waals surface area contributed by atoms with Gasteiger partial charge in [0.2, 0.25) is 5.91 Å². The molecule has 3 nitrogen and oxygen atoms in total. The van der Waals surface area contributed by atoms with E-state index in [4.69, 9.17) is 0 Å². The topological polar surface area (TPSA) is 32.3 Å². The van der Waals surface area contributed by atoms with Gasteiger partial charge in [-0.3, -0.25) is 4.79 Å². The Kier molecular flexibility index (Phi) is 6.08. The van der Waals surface area contributed by atoms with Crippen LogP contribution in [0.25, 0.3) is 0 Å². The second-order valence-corrected chi connectivity index (χ2v) is 5.58. The van der Waals surface area contributed by atoms with Crippen molar-refractivity contribution in [1.29, 1.82) is 0 Å². The number of thioether (sulfide) groups is 1. The third-order valence-corrected chi connectivity index (χ3v) is 3.40. The van der Waals surface area contributed by atoms with Crippen LogP contribution in [0.5, 0.6) is 0 Å². The molecule has 1 aromatic rings. The molecule has 4 heteroatoms. The van der Waals surface area contributed by atoms with Gasteiger partial charge >= 0.3 is 0 Å². The molecule has 1 aromatic carbocycles. The molecule has 1 amide bonds. The molecule has 0 radical (unpaired) electrons. The third kappa shape index (κ3) is 5.75. The summed E-state index contributed by atoms with van der Waals surface area (Å²) in [4.78, 5) is 15.0. The van der Waals surface area contributed by atoms with Gasteiger partial charge in [-0.1, -0.05) is 18.2 Å². The lowest BCUT2D eigenvalue weighted by Gasteiger charge is -2.14. The number of benzene rings is 1. The van der Waals surface area contributed by atoms with Crippen molar-refractivity contribution in [3.8, 4) is 0 Å². The summed E-state index contributed by atoms with van der Waals surface area (Å²) in [6.07, 6.45) is 0. The molecule has 1 atom stereocenters. The van der Waals surface area contributed by atoms with E-state index >= 15 is 0 Å². The number of nitrogens with zero attached hydrogens (tertiary/aromatic N) is 1. The van der Waals surface area contributed by atoms with Gasteiger partial charge in [-0.2, -0.15) is 0 Å². The third-order valence-electron chi connectivity index (χ3n) is 2.28. The summed E-state index contributed by atoms with van der Waals surface area (Å²) in [5.74, 6) is 0.0979. The van der Waals surface area contributed by atoms with Crippen LogP contribution in [0.1, 0.15) is 6.92 Å². The van der Waals surface area contributed by atoms with Crippen LogP contribution in [0.3, 0.4) is 0 Å². The van der Waals surface area contributed by atoms with E-state index in [1.54, 1.807) is 11.8 Å². The quantitative estimate of drug-likeness (QED) is 0.784.